The van der Waals surface area contributed by atoms with Gasteiger partial charge in [0, 0.05) is 14.1 Å². The Labute approximate surface area is 110 Å². The number of hydrogen-bond acceptors (Lipinski definition) is 4. The number of fused-ring (bicyclic) bond motifs is 1. The van der Waals surface area contributed by atoms with Gasteiger partial charge in [0.1, 0.15) is 0 Å². The molecule has 6 nitrogen and oxygen atoms in total. The fourth-order valence-electron chi connectivity index (χ4n) is 1.92. The van der Waals surface area contributed by atoms with Gasteiger partial charge in [0.2, 0.25) is 5.91 Å². The second-order valence-electron chi connectivity index (χ2n) is 4.94. The molecule has 0 aliphatic rings. The van der Waals surface area contributed by atoms with Crippen LogP contribution in [0.4, 0.5) is 0 Å². The van der Waals surface area contributed by atoms with E-state index in [1.165, 1.54) is 4.57 Å². The minimum Gasteiger partial charge on any atom is -0.408 e. The molecule has 102 valence electrons. The number of carbonyl (C=O) groups is 1. The number of nitrogens with one attached hydrogen (secondary N) is 2. The number of carbonyl (C=O) groups excluding carboxylic acids is 1. The Hall–Kier alpha value is -2.08. The highest BCUT2D eigenvalue weighted by Crippen LogP contribution is 2.26. The summed E-state index contributed by atoms with van der Waals surface area (Å²) in [5.74, 6) is -0.563. The van der Waals surface area contributed by atoms with Crippen LogP contribution < -0.4 is 16.6 Å². The predicted molar refractivity (Wildman–Crippen MR) is 71.7 cm³/mol. The molecule has 2 rings (SSSR count). The zero-order chi connectivity index (χ0) is 14.2. The van der Waals surface area contributed by atoms with E-state index in [2.05, 4.69) is 10.9 Å². The number of amides is 1. The van der Waals surface area contributed by atoms with E-state index in [9.17, 15) is 9.59 Å². The second kappa shape index (κ2) is 4.55. The average Bonchev–Trinajstić information content (AvgIpc) is 2.65. The average molecular weight is 263 g/mol. The summed E-state index contributed by atoms with van der Waals surface area (Å²) in [6.45, 7) is 3.64. The van der Waals surface area contributed by atoms with E-state index >= 15 is 0 Å². The van der Waals surface area contributed by atoms with Gasteiger partial charge in [-0.3, -0.25) is 14.8 Å². The summed E-state index contributed by atoms with van der Waals surface area (Å²) in [5, 5.41) is 0. The zero-order valence-corrected chi connectivity index (χ0v) is 11.4. The third-order valence-electron chi connectivity index (χ3n) is 3.32. The number of aromatic nitrogens is 1. The van der Waals surface area contributed by atoms with Gasteiger partial charge in [0.05, 0.1) is 10.9 Å². The number of aryl methyl sites for hydroxylation is 1. The number of hydrazine groups is 1. The fourth-order valence-corrected chi connectivity index (χ4v) is 1.92. The number of benzene rings is 1. The third-order valence-corrected chi connectivity index (χ3v) is 3.32. The molecule has 1 aromatic heterocycles. The lowest BCUT2D eigenvalue weighted by Crippen LogP contribution is -2.45. The molecule has 2 N–H and O–H groups in total. The summed E-state index contributed by atoms with van der Waals surface area (Å²) in [4.78, 5) is 23.5. The van der Waals surface area contributed by atoms with Crippen molar-refractivity contribution in [3.8, 4) is 0 Å². The summed E-state index contributed by atoms with van der Waals surface area (Å²) in [7, 11) is 3.27. The molecule has 0 bridgehead atoms. The van der Waals surface area contributed by atoms with E-state index in [1.54, 1.807) is 32.3 Å². The standard InChI is InChI=1S/C13H17N3O3/c1-13(2,11(17)15-14-3)8-5-6-10-9(7-8)16(4)12(18)19-10/h5-7,14H,1-4H3,(H,15,17). The molecular weight excluding hydrogens is 246 g/mol. The Balaban J connectivity index is 2.54. The molecular formula is C13H17N3O3. The van der Waals surface area contributed by atoms with Crippen molar-refractivity contribution < 1.29 is 9.21 Å². The SMILES string of the molecule is CNNC(=O)C(C)(C)c1ccc2oc(=O)n(C)c2c1. The normalized spacial score (nSPS) is 11.8. The summed E-state index contributed by atoms with van der Waals surface area (Å²) in [6, 6.07) is 5.30. The molecule has 1 aromatic carbocycles. The Morgan fingerprint density at radius 3 is 2.68 bits per heavy atom. The van der Waals surface area contributed by atoms with E-state index in [0.29, 0.717) is 11.1 Å². The van der Waals surface area contributed by atoms with Crippen LogP contribution in [-0.4, -0.2) is 17.5 Å². The van der Waals surface area contributed by atoms with E-state index < -0.39 is 11.2 Å². The summed E-state index contributed by atoms with van der Waals surface area (Å²) < 4.78 is 6.49. The van der Waals surface area contributed by atoms with E-state index in [4.69, 9.17) is 4.42 Å². The maximum absolute atomic E-state index is 12.0. The van der Waals surface area contributed by atoms with Gasteiger partial charge in [-0.1, -0.05) is 6.07 Å². The van der Waals surface area contributed by atoms with Crippen LogP contribution in [0.5, 0.6) is 0 Å². The number of rotatable bonds is 3. The molecule has 0 atom stereocenters. The quantitative estimate of drug-likeness (QED) is 0.798. The van der Waals surface area contributed by atoms with E-state index in [0.717, 1.165) is 5.56 Å². The highest BCUT2D eigenvalue weighted by Gasteiger charge is 2.30. The molecule has 1 amide bonds. The predicted octanol–water partition coefficient (Wildman–Crippen LogP) is 0.660. The summed E-state index contributed by atoms with van der Waals surface area (Å²) in [6.07, 6.45) is 0. The Kier molecular flexibility index (Phi) is 3.20. The van der Waals surface area contributed by atoms with Crippen molar-refractivity contribution in [3.05, 3.63) is 34.3 Å². The topological polar surface area (TPSA) is 76.3 Å². The summed E-state index contributed by atoms with van der Waals surface area (Å²) in [5.41, 5.74) is 6.47. The first kappa shape index (κ1) is 13.4. The molecule has 2 aromatic rings. The summed E-state index contributed by atoms with van der Waals surface area (Å²) >= 11 is 0. The lowest BCUT2D eigenvalue weighted by molar-refractivity contribution is -0.126. The molecule has 0 unspecified atom stereocenters. The van der Waals surface area contributed by atoms with Crippen LogP contribution in [0.3, 0.4) is 0 Å². The van der Waals surface area contributed by atoms with Crippen molar-refractivity contribution in [2.75, 3.05) is 7.05 Å². The van der Waals surface area contributed by atoms with E-state index in [-0.39, 0.29) is 5.91 Å². The zero-order valence-electron chi connectivity index (χ0n) is 11.4. The second-order valence-corrected chi connectivity index (χ2v) is 4.94. The van der Waals surface area contributed by atoms with Crippen molar-refractivity contribution in [2.24, 2.45) is 7.05 Å². The lowest BCUT2D eigenvalue weighted by atomic mass is 9.84. The van der Waals surface area contributed by atoms with Crippen LogP contribution in [-0.2, 0) is 17.3 Å². The van der Waals surface area contributed by atoms with Gasteiger partial charge in [-0.05, 0) is 31.5 Å². The molecule has 1 heterocycles. The minimum atomic E-state index is -0.718. The van der Waals surface area contributed by atoms with Crippen LogP contribution in [0.1, 0.15) is 19.4 Å². The molecule has 0 aliphatic carbocycles. The van der Waals surface area contributed by atoms with Crippen molar-refractivity contribution in [1.82, 2.24) is 15.4 Å². The molecule has 0 spiro atoms. The highest BCUT2D eigenvalue weighted by molar-refractivity contribution is 5.88. The fraction of sp³-hybridized carbons (Fsp3) is 0.385. The number of oxazole rings is 1. The van der Waals surface area contributed by atoms with Crippen LogP contribution in [0, 0.1) is 0 Å². The Morgan fingerprint density at radius 2 is 2.05 bits per heavy atom. The third kappa shape index (κ3) is 2.15. The molecule has 0 saturated heterocycles. The molecule has 0 saturated carbocycles. The van der Waals surface area contributed by atoms with Gasteiger partial charge in [-0.2, -0.15) is 0 Å². The smallest absolute Gasteiger partial charge is 0.408 e. The monoisotopic (exact) mass is 263 g/mol. The Bertz CT molecular complexity index is 682. The number of hydrogen-bond donors (Lipinski definition) is 2. The maximum atomic E-state index is 12.0. The van der Waals surface area contributed by atoms with Crippen LogP contribution >= 0.6 is 0 Å². The van der Waals surface area contributed by atoms with Crippen LogP contribution in [0.15, 0.2) is 27.4 Å². The molecule has 0 aliphatic heterocycles. The Morgan fingerprint density at radius 1 is 1.37 bits per heavy atom. The van der Waals surface area contributed by atoms with Crippen molar-refractivity contribution in [1.29, 1.82) is 0 Å². The van der Waals surface area contributed by atoms with Crippen molar-refractivity contribution in [3.63, 3.8) is 0 Å². The number of nitrogens with zero attached hydrogens (tertiary/aromatic N) is 1. The first-order valence-electron chi connectivity index (χ1n) is 5.95. The molecule has 0 radical (unpaired) electrons. The molecule has 0 fully saturated rings. The first-order valence-corrected chi connectivity index (χ1v) is 5.95. The van der Waals surface area contributed by atoms with Gasteiger partial charge in [-0.25, -0.2) is 10.2 Å². The minimum absolute atomic E-state index is 0.150. The lowest BCUT2D eigenvalue weighted by Gasteiger charge is -2.23. The van der Waals surface area contributed by atoms with Gasteiger partial charge < -0.3 is 4.42 Å². The van der Waals surface area contributed by atoms with Gasteiger partial charge in [0.15, 0.2) is 5.58 Å². The van der Waals surface area contributed by atoms with Crippen molar-refractivity contribution >= 4 is 17.0 Å². The van der Waals surface area contributed by atoms with Gasteiger partial charge in [-0.15, -0.1) is 0 Å². The van der Waals surface area contributed by atoms with Crippen LogP contribution in [0.25, 0.3) is 11.1 Å². The van der Waals surface area contributed by atoms with Gasteiger partial charge in [0.25, 0.3) is 0 Å². The van der Waals surface area contributed by atoms with Gasteiger partial charge >= 0.3 is 5.76 Å². The largest absolute Gasteiger partial charge is 0.419 e. The molecule has 19 heavy (non-hydrogen) atoms. The highest BCUT2D eigenvalue weighted by atomic mass is 16.4. The first-order chi connectivity index (χ1) is 8.87. The molecule has 6 heteroatoms. The van der Waals surface area contributed by atoms with Crippen LogP contribution in [0.2, 0.25) is 0 Å². The van der Waals surface area contributed by atoms with Crippen molar-refractivity contribution in [2.45, 2.75) is 19.3 Å². The van der Waals surface area contributed by atoms with E-state index in [1.807, 2.05) is 13.8 Å². The maximum Gasteiger partial charge on any atom is 0.419 e.